The van der Waals surface area contributed by atoms with Gasteiger partial charge in [0.05, 0.1) is 6.61 Å². The third-order valence-electron chi connectivity index (χ3n) is 4.88. The Morgan fingerprint density at radius 1 is 1.14 bits per heavy atom. The number of hydrogen-bond acceptors (Lipinski definition) is 1. The second-order valence-corrected chi connectivity index (χ2v) is 6.71. The van der Waals surface area contributed by atoms with Crippen LogP contribution in [0.15, 0.2) is 30.9 Å². The Morgan fingerprint density at radius 3 is 2.55 bits per heavy atom. The summed E-state index contributed by atoms with van der Waals surface area (Å²) in [6.45, 7) is 9.12. The Morgan fingerprint density at radius 2 is 1.91 bits per heavy atom. The first kappa shape index (κ1) is 17.1. The van der Waals surface area contributed by atoms with Crippen LogP contribution in [0.4, 0.5) is 0 Å². The lowest BCUT2D eigenvalue weighted by Crippen LogP contribution is -2.13. The standard InChI is InChI=1S/C21H32O/c1-4-7-17-9-11-18(12-10-17)19-13-14-21(22-15-6-3)20(16-19)8-5-2/h4,13-14,16-18H,1,5-12,15H2,2-3H3. The maximum Gasteiger partial charge on any atom is 0.122 e. The van der Waals surface area contributed by atoms with E-state index < -0.39 is 0 Å². The van der Waals surface area contributed by atoms with E-state index in [1.54, 1.807) is 0 Å². The predicted molar refractivity (Wildman–Crippen MR) is 95.7 cm³/mol. The van der Waals surface area contributed by atoms with Crippen LogP contribution in [0.1, 0.15) is 75.8 Å². The first-order valence-electron chi connectivity index (χ1n) is 9.15. The molecule has 1 aromatic carbocycles. The Labute approximate surface area is 136 Å². The van der Waals surface area contributed by atoms with Crippen LogP contribution in [0.5, 0.6) is 5.75 Å². The molecular formula is C21H32O. The summed E-state index contributed by atoms with van der Waals surface area (Å²) in [4.78, 5) is 0. The van der Waals surface area contributed by atoms with Crippen molar-refractivity contribution in [1.29, 1.82) is 0 Å². The van der Waals surface area contributed by atoms with Gasteiger partial charge in [-0.1, -0.05) is 38.5 Å². The van der Waals surface area contributed by atoms with Crippen LogP contribution in [0.3, 0.4) is 0 Å². The van der Waals surface area contributed by atoms with E-state index in [1.165, 1.54) is 49.7 Å². The number of hydrogen-bond donors (Lipinski definition) is 0. The summed E-state index contributed by atoms with van der Waals surface area (Å²) < 4.78 is 5.92. The van der Waals surface area contributed by atoms with E-state index in [2.05, 4.69) is 44.7 Å². The topological polar surface area (TPSA) is 9.23 Å². The molecule has 2 rings (SSSR count). The van der Waals surface area contributed by atoms with Crippen LogP contribution in [-0.4, -0.2) is 6.61 Å². The van der Waals surface area contributed by atoms with Gasteiger partial charge in [-0.3, -0.25) is 0 Å². The summed E-state index contributed by atoms with van der Waals surface area (Å²) in [5, 5.41) is 0. The van der Waals surface area contributed by atoms with Crippen molar-refractivity contribution in [2.75, 3.05) is 6.61 Å². The molecule has 0 saturated heterocycles. The molecule has 1 aromatic rings. The fourth-order valence-corrected chi connectivity index (χ4v) is 3.64. The van der Waals surface area contributed by atoms with Gasteiger partial charge in [-0.25, -0.2) is 0 Å². The molecule has 0 heterocycles. The first-order chi connectivity index (χ1) is 10.8. The van der Waals surface area contributed by atoms with E-state index in [0.29, 0.717) is 0 Å². The zero-order chi connectivity index (χ0) is 15.8. The quantitative estimate of drug-likeness (QED) is 0.513. The molecule has 0 N–H and O–H groups in total. The fourth-order valence-electron chi connectivity index (χ4n) is 3.64. The van der Waals surface area contributed by atoms with Gasteiger partial charge in [0.1, 0.15) is 5.75 Å². The van der Waals surface area contributed by atoms with Gasteiger partial charge in [-0.05, 0) is 74.0 Å². The zero-order valence-electron chi connectivity index (χ0n) is 14.4. The lowest BCUT2D eigenvalue weighted by Gasteiger charge is -2.28. The maximum atomic E-state index is 5.92. The summed E-state index contributed by atoms with van der Waals surface area (Å²) in [5.74, 6) is 2.72. The van der Waals surface area contributed by atoms with Crippen LogP contribution in [0.2, 0.25) is 0 Å². The smallest absolute Gasteiger partial charge is 0.122 e. The monoisotopic (exact) mass is 300 g/mol. The summed E-state index contributed by atoms with van der Waals surface area (Å²) in [5.41, 5.74) is 2.94. The van der Waals surface area contributed by atoms with Gasteiger partial charge in [0, 0.05) is 0 Å². The molecule has 0 spiro atoms. The van der Waals surface area contributed by atoms with Crippen LogP contribution < -0.4 is 4.74 Å². The molecule has 22 heavy (non-hydrogen) atoms. The van der Waals surface area contributed by atoms with Gasteiger partial charge < -0.3 is 4.74 Å². The molecule has 1 saturated carbocycles. The number of rotatable bonds is 8. The third-order valence-corrected chi connectivity index (χ3v) is 4.88. The highest BCUT2D eigenvalue weighted by molar-refractivity contribution is 5.39. The molecule has 0 radical (unpaired) electrons. The highest BCUT2D eigenvalue weighted by Crippen LogP contribution is 2.38. The lowest BCUT2D eigenvalue weighted by molar-refractivity contribution is 0.312. The summed E-state index contributed by atoms with van der Waals surface area (Å²) >= 11 is 0. The van der Waals surface area contributed by atoms with E-state index in [-0.39, 0.29) is 0 Å². The van der Waals surface area contributed by atoms with Gasteiger partial charge >= 0.3 is 0 Å². The highest BCUT2D eigenvalue weighted by Gasteiger charge is 2.22. The molecule has 0 unspecified atom stereocenters. The van der Waals surface area contributed by atoms with E-state index in [4.69, 9.17) is 4.74 Å². The van der Waals surface area contributed by atoms with E-state index in [0.717, 1.165) is 37.0 Å². The molecule has 1 fully saturated rings. The fraction of sp³-hybridized carbons (Fsp3) is 0.619. The molecule has 1 heteroatoms. The van der Waals surface area contributed by atoms with Crippen LogP contribution in [0.25, 0.3) is 0 Å². The minimum absolute atomic E-state index is 0.747. The maximum absolute atomic E-state index is 5.92. The molecule has 1 nitrogen and oxygen atoms in total. The van der Waals surface area contributed by atoms with Crippen molar-refractivity contribution in [3.8, 4) is 5.75 Å². The number of ether oxygens (including phenoxy) is 1. The van der Waals surface area contributed by atoms with Gasteiger partial charge in [0.25, 0.3) is 0 Å². The highest BCUT2D eigenvalue weighted by atomic mass is 16.5. The van der Waals surface area contributed by atoms with Gasteiger partial charge in [0.15, 0.2) is 0 Å². The molecule has 0 bridgehead atoms. The Hall–Kier alpha value is -1.24. The van der Waals surface area contributed by atoms with Crippen molar-refractivity contribution in [3.05, 3.63) is 42.0 Å². The van der Waals surface area contributed by atoms with Gasteiger partial charge in [0.2, 0.25) is 0 Å². The minimum Gasteiger partial charge on any atom is -0.493 e. The van der Waals surface area contributed by atoms with Crippen molar-refractivity contribution in [1.82, 2.24) is 0 Å². The third kappa shape index (κ3) is 4.63. The normalized spacial score (nSPS) is 21.5. The number of allylic oxidation sites excluding steroid dienone is 1. The second kappa shape index (κ2) is 9.02. The molecule has 0 aliphatic heterocycles. The van der Waals surface area contributed by atoms with Crippen LogP contribution >= 0.6 is 0 Å². The predicted octanol–water partition coefficient (Wildman–Crippen LogP) is 6.28. The lowest BCUT2D eigenvalue weighted by atomic mass is 9.77. The Kier molecular flexibility index (Phi) is 7.02. The summed E-state index contributed by atoms with van der Waals surface area (Å²) in [6.07, 6.45) is 12.0. The molecule has 1 aliphatic rings. The largest absolute Gasteiger partial charge is 0.493 e. The van der Waals surface area contributed by atoms with Crippen molar-refractivity contribution in [2.24, 2.45) is 5.92 Å². The Bertz CT molecular complexity index is 455. The van der Waals surface area contributed by atoms with Crippen molar-refractivity contribution in [2.45, 2.75) is 71.1 Å². The van der Waals surface area contributed by atoms with Crippen molar-refractivity contribution < 1.29 is 4.74 Å². The second-order valence-electron chi connectivity index (χ2n) is 6.71. The number of aryl methyl sites for hydroxylation is 1. The average Bonchev–Trinajstić information content (AvgIpc) is 2.55. The molecule has 1 aliphatic carbocycles. The van der Waals surface area contributed by atoms with E-state index >= 15 is 0 Å². The Balaban J connectivity index is 2.05. The van der Waals surface area contributed by atoms with Crippen molar-refractivity contribution in [3.63, 3.8) is 0 Å². The number of benzene rings is 1. The van der Waals surface area contributed by atoms with Crippen LogP contribution in [-0.2, 0) is 6.42 Å². The molecule has 0 amide bonds. The molecule has 0 atom stereocenters. The SMILES string of the molecule is C=CCC1CCC(c2ccc(OCCC)c(CCC)c2)CC1. The zero-order valence-corrected chi connectivity index (χ0v) is 14.4. The molecular weight excluding hydrogens is 268 g/mol. The van der Waals surface area contributed by atoms with Gasteiger partial charge in [-0.2, -0.15) is 0 Å². The first-order valence-corrected chi connectivity index (χ1v) is 9.15. The van der Waals surface area contributed by atoms with Crippen LogP contribution in [0, 0.1) is 5.92 Å². The van der Waals surface area contributed by atoms with E-state index in [9.17, 15) is 0 Å². The molecule has 0 aromatic heterocycles. The van der Waals surface area contributed by atoms with Gasteiger partial charge in [-0.15, -0.1) is 6.58 Å². The van der Waals surface area contributed by atoms with Crippen molar-refractivity contribution >= 4 is 0 Å². The summed E-state index contributed by atoms with van der Waals surface area (Å²) in [6, 6.07) is 6.95. The van der Waals surface area contributed by atoms with E-state index in [1.807, 2.05) is 0 Å². The molecule has 122 valence electrons. The minimum atomic E-state index is 0.747. The summed E-state index contributed by atoms with van der Waals surface area (Å²) in [7, 11) is 0. The average molecular weight is 300 g/mol.